The molecule has 0 aliphatic carbocycles. The minimum Gasteiger partial charge on any atom is -0.478 e. The SMILES string of the molecule is CCC1(C)CC(Nc2cc(C(=O)O)ccc2F)CCO1. The summed E-state index contributed by atoms with van der Waals surface area (Å²) < 4.78 is 19.5. The molecular formula is C15H20FNO3. The molecule has 0 saturated carbocycles. The second-order valence-electron chi connectivity index (χ2n) is 5.49. The minimum absolute atomic E-state index is 0.0826. The Morgan fingerprint density at radius 3 is 3.00 bits per heavy atom. The molecule has 0 amide bonds. The quantitative estimate of drug-likeness (QED) is 0.889. The summed E-state index contributed by atoms with van der Waals surface area (Å²) in [6, 6.07) is 3.89. The number of anilines is 1. The van der Waals surface area contributed by atoms with E-state index in [0.717, 1.165) is 19.3 Å². The maximum Gasteiger partial charge on any atom is 0.335 e. The zero-order valence-corrected chi connectivity index (χ0v) is 11.8. The molecule has 0 bridgehead atoms. The maximum absolute atomic E-state index is 13.8. The van der Waals surface area contributed by atoms with Gasteiger partial charge in [0, 0.05) is 12.6 Å². The second-order valence-corrected chi connectivity index (χ2v) is 5.49. The van der Waals surface area contributed by atoms with Crippen LogP contribution in [0.15, 0.2) is 18.2 Å². The summed E-state index contributed by atoms with van der Waals surface area (Å²) in [6.07, 6.45) is 2.45. The van der Waals surface area contributed by atoms with Crippen LogP contribution >= 0.6 is 0 Å². The number of carbonyl (C=O) groups is 1. The van der Waals surface area contributed by atoms with Crippen molar-refractivity contribution in [3.05, 3.63) is 29.6 Å². The minimum atomic E-state index is -1.06. The van der Waals surface area contributed by atoms with Gasteiger partial charge in [-0.05, 0) is 44.4 Å². The summed E-state index contributed by atoms with van der Waals surface area (Å²) >= 11 is 0. The van der Waals surface area contributed by atoms with Crippen LogP contribution < -0.4 is 5.32 Å². The number of halogens is 1. The third-order valence-electron chi connectivity index (χ3n) is 3.92. The second kappa shape index (κ2) is 5.79. The van der Waals surface area contributed by atoms with Crippen molar-refractivity contribution in [2.75, 3.05) is 11.9 Å². The van der Waals surface area contributed by atoms with E-state index >= 15 is 0 Å². The van der Waals surface area contributed by atoms with E-state index in [1.807, 2.05) is 6.92 Å². The van der Waals surface area contributed by atoms with Crippen LogP contribution in [0.4, 0.5) is 10.1 Å². The number of carboxylic acids is 1. The molecule has 2 atom stereocenters. The summed E-state index contributed by atoms with van der Waals surface area (Å²) in [5, 5.41) is 12.1. The predicted molar refractivity (Wildman–Crippen MR) is 74.7 cm³/mol. The molecule has 0 radical (unpaired) electrons. The highest BCUT2D eigenvalue weighted by molar-refractivity contribution is 5.88. The average molecular weight is 281 g/mol. The molecule has 2 unspecified atom stereocenters. The monoisotopic (exact) mass is 281 g/mol. The van der Waals surface area contributed by atoms with Crippen LogP contribution in [0.1, 0.15) is 43.5 Å². The lowest BCUT2D eigenvalue weighted by Gasteiger charge is -2.38. The molecule has 5 heteroatoms. The third kappa shape index (κ3) is 3.28. The van der Waals surface area contributed by atoms with Crippen molar-refractivity contribution in [3.8, 4) is 0 Å². The third-order valence-corrected chi connectivity index (χ3v) is 3.92. The number of hydrogen-bond donors (Lipinski definition) is 2. The standard InChI is InChI=1S/C15H20FNO3/c1-3-15(2)9-11(6-7-20-15)17-13-8-10(14(18)19)4-5-12(13)16/h4-5,8,11,17H,3,6-7,9H2,1-2H3,(H,18,19). The lowest BCUT2D eigenvalue weighted by atomic mass is 9.90. The Kier molecular flexibility index (Phi) is 4.28. The van der Waals surface area contributed by atoms with Crippen molar-refractivity contribution in [3.63, 3.8) is 0 Å². The first kappa shape index (κ1) is 14.8. The lowest BCUT2D eigenvalue weighted by molar-refractivity contribution is -0.0709. The molecule has 1 aliphatic heterocycles. The number of ether oxygens (including phenoxy) is 1. The topological polar surface area (TPSA) is 58.6 Å². The highest BCUT2D eigenvalue weighted by atomic mass is 19.1. The summed E-state index contributed by atoms with van der Waals surface area (Å²) in [6.45, 7) is 4.74. The van der Waals surface area contributed by atoms with Gasteiger partial charge in [-0.25, -0.2) is 9.18 Å². The summed E-state index contributed by atoms with van der Waals surface area (Å²) in [4.78, 5) is 10.9. The molecule has 1 aromatic rings. The van der Waals surface area contributed by atoms with Crippen molar-refractivity contribution in [1.82, 2.24) is 0 Å². The summed E-state index contributed by atoms with van der Waals surface area (Å²) in [7, 11) is 0. The van der Waals surface area contributed by atoms with Gasteiger partial charge in [0.2, 0.25) is 0 Å². The molecule has 110 valence electrons. The van der Waals surface area contributed by atoms with E-state index in [9.17, 15) is 9.18 Å². The Hall–Kier alpha value is -1.62. The van der Waals surface area contributed by atoms with Crippen LogP contribution in [0.5, 0.6) is 0 Å². The van der Waals surface area contributed by atoms with Gasteiger partial charge < -0.3 is 15.2 Å². The van der Waals surface area contributed by atoms with Crippen LogP contribution in [-0.4, -0.2) is 29.3 Å². The number of nitrogens with one attached hydrogen (secondary N) is 1. The molecule has 0 aromatic heterocycles. The van der Waals surface area contributed by atoms with Crippen LogP contribution in [-0.2, 0) is 4.74 Å². The number of hydrogen-bond acceptors (Lipinski definition) is 3. The zero-order chi connectivity index (χ0) is 14.8. The van der Waals surface area contributed by atoms with Crippen molar-refractivity contribution in [2.45, 2.75) is 44.8 Å². The largest absolute Gasteiger partial charge is 0.478 e. The Morgan fingerprint density at radius 2 is 2.35 bits per heavy atom. The van der Waals surface area contributed by atoms with Gasteiger partial charge in [0.05, 0.1) is 16.9 Å². The molecule has 4 nitrogen and oxygen atoms in total. The Balaban J connectivity index is 2.13. The summed E-state index contributed by atoms with van der Waals surface area (Å²) in [5.74, 6) is -1.49. The Labute approximate surface area is 117 Å². The zero-order valence-electron chi connectivity index (χ0n) is 11.8. The predicted octanol–water partition coefficient (Wildman–Crippen LogP) is 3.28. The van der Waals surface area contributed by atoms with Crippen molar-refractivity contribution >= 4 is 11.7 Å². The number of benzene rings is 1. The average Bonchev–Trinajstić information content (AvgIpc) is 2.41. The molecule has 0 spiro atoms. The van der Waals surface area contributed by atoms with Gasteiger partial charge in [0.15, 0.2) is 0 Å². The first-order valence-corrected chi connectivity index (χ1v) is 6.87. The molecule has 1 aromatic carbocycles. The van der Waals surface area contributed by atoms with E-state index in [1.165, 1.54) is 18.2 Å². The van der Waals surface area contributed by atoms with Gasteiger partial charge in [-0.15, -0.1) is 0 Å². The van der Waals surface area contributed by atoms with Crippen LogP contribution in [0.3, 0.4) is 0 Å². The van der Waals surface area contributed by atoms with Crippen LogP contribution in [0, 0.1) is 5.82 Å². The smallest absolute Gasteiger partial charge is 0.335 e. The molecule has 1 aliphatic rings. The number of aromatic carboxylic acids is 1. The number of rotatable bonds is 4. The van der Waals surface area contributed by atoms with E-state index in [0.29, 0.717) is 6.61 Å². The van der Waals surface area contributed by atoms with Gasteiger partial charge in [0.1, 0.15) is 5.82 Å². The van der Waals surface area contributed by atoms with E-state index in [-0.39, 0.29) is 22.9 Å². The fourth-order valence-corrected chi connectivity index (χ4v) is 2.49. The van der Waals surface area contributed by atoms with Gasteiger partial charge in [-0.3, -0.25) is 0 Å². The van der Waals surface area contributed by atoms with E-state index in [1.54, 1.807) is 0 Å². The molecular weight excluding hydrogens is 261 g/mol. The number of carboxylic acid groups (broad SMARTS) is 1. The van der Waals surface area contributed by atoms with Crippen molar-refractivity contribution in [1.29, 1.82) is 0 Å². The molecule has 2 rings (SSSR count). The fraction of sp³-hybridized carbons (Fsp3) is 0.533. The molecule has 1 fully saturated rings. The molecule has 20 heavy (non-hydrogen) atoms. The molecule has 2 N–H and O–H groups in total. The first-order chi connectivity index (χ1) is 9.43. The fourth-order valence-electron chi connectivity index (χ4n) is 2.49. The van der Waals surface area contributed by atoms with Gasteiger partial charge in [0.25, 0.3) is 0 Å². The van der Waals surface area contributed by atoms with Crippen LogP contribution in [0.2, 0.25) is 0 Å². The molecule has 1 heterocycles. The maximum atomic E-state index is 13.8. The highest BCUT2D eigenvalue weighted by Gasteiger charge is 2.31. The van der Waals surface area contributed by atoms with Gasteiger partial charge in [-0.2, -0.15) is 0 Å². The molecule has 1 saturated heterocycles. The van der Waals surface area contributed by atoms with E-state index in [4.69, 9.17) is 9.84 Å². The summed E-state index contributed by atoms with van der Waals surface area (Å²) in [5.41, 5.74) is 0.131. The normalized spacial score (nSPS) is 26.2. The van der Waals surface area contributed by atoms with E-state index < -0.39 is 11.8 Å². The first-order valence-electron chi connectivity index (χ1n) is 6.87. The highest BCUT2D eigenvalue weighted by Crippen LogP contribution is 2.30. The lowest BCUT2D eigenvalue weighted by Crippen LogP contribution is -2.42. The van der Waals surface area contributed by atoms with Gasteiger partial charge in [-0.1, -0.05) is 6.92 Å². The Morgan fingerprint density at radius 1 is 1.60 bits per heavy atom. The van der Waals surface area contributed by atoms with Gasteiger partial charge >= 0.3 is 5.97 Å². The van der Waals surface area contributed by atoms with Crippen molar-refractivity contribution < 1.29 is 19.0 Å². The Bertz CT molecular complexity index is 506. The van der Waals surface area contributed by atoms with Crippen molar-refractivity contribution in [2.24, 2.45) is 0 Å². The van der Waals surface area contributed by atoms with Crippen LogP contribution in [0.25, 0.3) is 0 Å². The van der Waals surface area contributed by atoms with E-state index in [2.05, 4.69) is 12.2 Å².